The first-order valence-corrected chi connectivity index (χ1v) is 5.05. The minimum atomic E-state index is -0.211. The van der Waals surface area contributed by atoms with E-state index in [1.54, 1.807) is 7.05 Å². The minimum absolute atomic E-state index is 0.0265. The van der Waals surface area contributed by atoms with Crippen LogP contribution in [0.5, 0.6) is 0 Å². The number of hydrogen-bond acceptors (Lipinski definition) is 3. The molecule has 14 heavy (non-hydrogen) atoms. The van der Waals surface area contributed by atoms with Crippen LogP contribution < -0.4 is 10.6 Å². The Kier molecular flexibility index (Phi) is 5.72. The highest BCUT2D eigenvalue weighted by Crippen LogP contribution is 2.18. The molecule has 0 aromatic carbocycles. The number of carbonyl (C=O) groups excluding carboxylic acids is 1. The van der Waals surface area contributed by atoms with Gasteiger partial charge in [0, 0.05) is 25.6 Å². The Balaban J connectivity index is 3.97. The lowest BCUT2D eigenvalue weighted by Crippen LogP contribution is -2.45. The van der Waals surface area contributed by atoms with Crippen molar-refractivity contribution in [3.05, 3.63) is 0 Å². The molecule has 0 aromatic heterocycles. The Morgan fingerprint density at radius 1 is 1.57 bits per heavy atom. The molecule has 0 bridgehead atoms. The summed E-state index contributed by atoms with van der Waals surface area (Å²) in [6.07, 6.45) is 0.886. The summed E-state index contributed by atoms with van der Waals surface area (Å²) in [5.74, 6) is -0.0265. The molecule has 0 aliphatic heterocycles. The second kappa shape index (κ2) is 5.98. The minimum Gasteiger partial charge on any atom is -0.396 e. The SMILES string of the molecule is CCC(C)(CO)CNC(C)C(=O)NC. The lowest BCUT2D eigenvalue weighted by Gasteiger charge is -2.27. The van der Waals surface area contributed by atoms with E-state index in [-0.39, 0.29) is 24.0 Å². The zero-order valence-electron chi connectivity index (χ0n) is 9.55. The van der Waals surface area contributed by atoms with Gasteiger partial charge < -0.3 is 15.7 Å². The molecule has 84 valence electrons. The van der Waals surface area contributed by atoms with Gasteiger partial charge in [0.2, 0.25) is 5.91 Å². The van der Waals surface area contributed by atoms with E-state index in [4.69, 9.17) is 5.11 Å². The lowest BCUT2D eigenvalue weighted by molar-refractivity contribution is -0.122. The summed E-state index contributed by atoms with van der Waals surface area (Å²) < 4.78 is 0. The molecule has 4 nitrogen and oxygen atoms in total. The summed E-state index contributed by atoms with van der Waals surface area (Å²) >= 11 is 0. The van der Waals surface area contributed by atoms with E-state index < -0.39 is 0 Å². The number of likely N-dealkylation sites (N-methyl/N-ethyl adjacent to an activating group) is 1. The number of aliphatic hydroxyl groups is 1. The van der Waals surface area contributed by atoms with Gasteiger partial charge in [-0.05, 0) is 13.3 Å². The molecule has 0 fully saturated rings. The molecule has 0 aliphatic rings. The lowest BCUT2D eigenvalue weighted by atomic mass is 9.88. The molecule has 0 saturated heterocycles. The van der Waals surface area contributed by atoms with Gasteiger partial charge >= 0.3 is 0 Å². The molecule has 2 unspecified atom stereocenters. The van der Waals surface area contributed by atoms with Crippen molar-refractivity contribution >= 4 is 5.91 Å². The molecular weight excluding hydrogens is 180 g/mol. The number of rotatable bonds is 6. The second-order valence-corrected chi connectivity index (χ2v) is 4.04. The van der Waals surface area contributed by atoms with Gasteiger partial charge in [0.25, 0.3) is 0 Å². The van der Waals surface area contributed by atoms with Crippen molar-refractivity contribution < 1.29 is 9.90 Å². The van der Waals surface area contributed by atoms with E-state index in [9.17, 15) is 4.79 Å². The molecule has 0 aromatic rings. The van der Waals surface area contributed by atoms with Gasteiger partial charge in [-0.2, -0.15) is 0 Å². The first kappa shape index (κ1) is 13.4. The maximum Gasteiger partial charge on any atom is 0.236 e. The van der Waals surface area contributed by atoms with E-state index >= 15 is 0 Å². The highest BCUT2D eigenvalue weighted by atomic mass is 16.3. The van der Waals surface area contributed by atoms with Crippen molar-refractivity contribution in [3.63, 3.8) is 0 Å². The summed E-state index contributed by atoms with van der Waals surface area (Å²) in [7, 11) is 1.62. The van der Waals surface area contributed by atoms with E-state index in [1.807, 2.05) is 20.8 Å². The van der Waals surface area contributed by atoms with Gasteiger partial charge in [-0.15, -0.1) is 0 Å². The molecule has 0 rings (SSSR count). The Morgan fingerprint density at radius 3 is 2.50 bits per heavy atom. The summed E-state index contributed by atoms with van der Waals surface area (Å²) in [6, 6.07) is -0.211. The predicted octanol–water partition coefficient (Wildman–Crippen LogP) is 0.119. The maximum absolute atomic E-state index is 11.2. The van der Waals surface area contributed by atoms with Crippen LogP contribution in [0.25, 0.3) is 0 Å². The highest BCUT2D eigenvalue weighted by molar-refractivity contribution is 5.80. The second-order valence-electron chi connectivity index (χ2n) is 4.04. The number of aliphatic hydroxyl groups excluding tert-OH is 1. The highest BCUT2D eigenvalue weighted by Gasteiger charge is 2.22. The molecule has 0 radical (unpaired) electrons. The van der Waals surface area contributed by atoms with Gasteiger partial charge in [-0.1, -0.05) is 13.8 Å². The molecule has 0 heterocycles. The number of nitrogens with one attached hydrogen (secondary N) is 2. The topological polar surface area (TPSA) is 61.4 Å². The Morgan fingerprint density at radius 2 is 2.14 bits per heavy atom. The fraction of sp³-hybridized carbons (Fsp3) is 0.900. The van der Waals surface area contributed by atoms with Crippen LogP contribution in [0.3, 0.4) is 0 Å². The summed E-state index contributed by atoms with van der Waals surface area (Å²) in [6.45, 7) is 6.62. The maximum atomic E-state index is 11.2. The summed E-state index contributed by atoms with van der Waals surface area (Å²) in [5, 5.41) is 14.8. The van der Waals surface area contributed by atoms with E-state index in [1.165, 1.54) is 0 Å². The largest absolute Gasteiger partial charge is 0.396 e. The zero-order valence-corrected chi connectivity index (χ0v) is 9.55. The molecule has 0 aliphatic carbocycles. The summed E-state index contributed by atoms with van der Waals surface area (Å²) in [4.78, 5) is 11.2. The average Bonchev–Trinajstić information content (AvgIpc) is 2.24. The fourth-order valence-corrected chi connectivity index (χ4v) is 1.00. The molecule has 0 saturated carbocycles. The zero-order chi connectivity index (χ0) is 11.2. The Bertz CT molecular complexity index is 179. The van der Waals surface area contributed by atoms with E-state index in [0.717, 1.165) is 6.42 Å². The van der Waals surface area contributed by atoms with Crippen molar-refractivity contribution in [2.75, 3.05) is 20.2 Å². The normalized spacial score (nSPS) is 17.2. The predicted molar refractivity (Wildman–Crippen MR) is 57.0 cm³/mol. The first-order chi connectivity index (χ1) is 6.49. The van der Waals surface area contributed by atoms with Crippen molar-refractivity contribution in [2.24, 2.45) is 5.41 Å². The Labute approximate surface area is 86.1 Å². The molecular formula is C10H22N2O2. The standard InChI is InChI=1S/C10H22N2O2/c1-5-10(3,7-13)6-12-8(2)9(14)11-4/h8,12-13H,5-7H2,1-4H3,(H,11,14). The third kappa shape index (κ3) is 4.07. The molecule has 2 atom stereocenters. The van der Waals surface area contributed by atoms with Crippen LogP contribution in [0.2, 0.25) is 0 Å². The van der Waals surface area contributed by atoms with Crippen LogP contribution in [0.15, 0.2) is 0 Å². The van der Waals surface area contributed by atoms with Crippen LogP contribution in [-0.2, 0) is 4.79 Å². The number of carbonyl (C=O) groups is 1. The van der Waals surface area contributed by atoms with E-state index in [0.29, 0.717) is 6.54 Å². The summed E-state index contributed by atoms with van der Waals surface area (Å²) in [5.41, 5.74) is -0.137. The van der Waals surface area contributed by atoms with Crippen molar-refractivity contribution in [3.8, 4) is 0 Å². The monoisotopic (exact) mass is 202 g/mol. The third-order valence-electron chi connectivity index (χ3n) is 2.71. The van der Waals surface area contributed by atoms with Crippen LogP contribution >= 0.6 is 0 Å². The van der Waals surface area contributed by atoms with Crippen molar-refractivity contribution in [2.45, 2.75) is 33.2 Å². The Hall–Kier alpha value is -0.610. The van der Waals surface area contributed by atoms with Gasteiger partial charge in [0.05, 0.1) is 6.04 Å². The number of hydrogen-bond donors (Lipinski definition) is 3. The molecule has 4 heteroatoms. The molecule has 3 N–H and O–H groups in total. The molecule has 1 amide bonds. The van der Waals surface area contributed by atoms with Crippen LogP contribution in [0, 0.1) is 5.41 Å². The van der Waals surface area contributed by atoms with Crippen LogP contribution in [0.1, 0.15) is 27.2 Å². The third-order valence-corrected chi connectivity index (χ3v) is 2.71. The first-order valence-electron chi connectivity index (χ1n) is 5.05. The molecule has 0 spiro atoms. The number of amides is 1. The van der Waals surface area contributed by atoms with Crippen molar-refractivity contribution in [1.29, 1.82) is 0 Å². The van der Waals surface area contributed by atoms with Crippen LogP contribution in [-0.4, -0.2) is 37.3 Å². The van der Waals surface area contributed by atoms with E-state index in [2.05, 4.69) is 10.6 Å². The van der Waals surface area contributed by atoms with Crippen molar-refractivity contribution in [1.82, 2.24) is 10.6 Å². The average molecular weight is 202 g/mol. The van der Waals surface area contributed by atoms with Gasteiger partial charge in [-0.3, -0.25) is 4.79 Å². The fourth-order valence-electron chi connectivity index (χ4n) is 1.00. The van der Waals surface area contributed by atoms with Gasteiger partial charge in [0.1, 0.15) is 0 Å². The van der Waals surface area contributed by atoms with Gasteiger partial charge in [-0.25, -0.2) is 0 Å². The quantitative estimate of drug-likeness (QED) is 0.573. The smallest absolute Gasteiger partial charge is 0.236 e. The van der Waals surface area contributed by atoms with Gasteiger partial charge in [0.15, 0.2) is 0 Å². The van der Waals surface area contributed by atoms with Crippen LogP contribution in [0.4, 0.5) is 0 Å².